The number of hydrogen-bond donors (Lipinski definition) is 0. The van der Waals surface area contributed by atoms with Gasteiger partial charge in [-0.3, -0.25) is 4.79 Å². The number of rotatable bonds is 3. The van der Waals surface area contributed by atoms with Gasteiger partial charge in [0.2, 0.25) is 6.41 Å². The van der Waals surface area contributed by atoms with Crippen LogP contribution in [0, 0.1) is 6.92 Å². The Morgan fingerprint density at radius 2 is 2.38 bits per heavy atom. The number of amides is 1. The average molecular weight is 112 g/mol. The smallest absolute Gasteiger partial charge is 0.209 e. The van der Waals surface area contributed by atoms with E-state index in [4.69, 9.17) is 0 Å². The first-order valence-electron chi connectivity index (χ1n) is 2.41. The third-order valence-corrected chi connectivity index (χ3v) is 0.740. The van der Waals surface area contributed by atoms with Crippen LogP contribution in [0.15, 0.2) is 12.2 Å². The van der Waals surface area contributed by atoms with Gasteiger partial charge in [0.25, 0.3) is 0 Å². The molecule has 1 amide bonds. The molecule has 0 aromatic carbocycles. The van der Waals surface area contributed by atoms with Crippen LogP contribution >= 0.6 is 0 Å². The lowest BCUT2D eigenvalue weighted by Gasteiger charge is -2.03. The second-order valence-corrected chi connectivity index (χ2v) is 1.52. The van der Waals surface area contributed by atoms with E-state index in [9.17, 15) is 4.79 Å². The summed E-state index contributed by atoms with van der Waals surface area (Å²) in [7, 11) is 1.72. The molecular weight excluding hydrogens is 102 g/mol. The number of allylic oxidation sites excluding steroid dienone is 1. The number of carbonyl (C=O) groups excluding carboxylic acids is 1. The molecule has 0 aromatic rings. The van der Waals surface area contributed by atoms with E-state index in [0.717, 1.165) is 6.41 Å². The molecule has 1 radical (unpaired) electrons. The number of carbonyl (C=O) groups is 1. The minimum Gasteiger partial charge on any atom is -0.345 e. The first-order chi connectivity index (χ1) is 3.81. The van der Waals surface area contributed by atoms with Crippen LogP contribution in [0.2, 0.25) is 0 Å². The monoisotopic (exact) mass is 112 g/mol. The minimum atomic E-state index is 0.646. The zero-order chi connectivity index (χ0) is 6.41. The summed E-state index contributed by atoms with van der Waals surface area (Å²) in [6, 6.07) is 0. The van der Waals surface area contributed by atoms with Gasteiger partial charge in [0.1, 0.15) is 0 Å². The molecule has 2 heteroatoms. The Balaban J connectivity index is 3.23. The van der Waals surface area contributed by atoms with Gasteiger partial charge >= 0.3 is 0 Å². The molecule has 8 heavy (non-hydrogen) atoms. The second kappa shape index (κ2) is 4.37. The summed E-state index contributed by atoms with van der Waals surface area (Å²) >= 11 is 0. The van der Waals surface area contributed by atoms with Crippen LogP contribution in [-0.4, -0.2) is 24.9 Å². The van der Waals surface area contributed by atoms with E-state index < -0.39 is 0 Å². The highest BCUT2D eigenvalue weighted by Crippen LogP contribution is 1.75. The molecule has 0 aliphatic heterocycles. The molecule has 0 atom stereocenters. The summed E-state index contributed by atoms with van der Waals surface area (Å²) in [5.41, 5.74) is 0. The molecule has 0 bridgehead atoms. The Morgan fingerprint density at radius 3 is 2.75 bits per heavy atom. The Kier molecular flexibility index (Phi) is 3.94. The van der Waals surface area contributed by atoms with Crippen LogP contribution in [0.5, 0.6) is 0 Å². The zero-order valence-corrected chi connectivity index (χ0v) is 5.00. The highest BCUT2D eigenvalue weighted by molar-refractivity contribution is 5.46. The fraction of sp³-hybridized carbons (Fsp3) is 0.333. The fourth-order valence-electron chi connectivity index (χ4n) is 0.284. The Hall–Kier alpha value is -0.790. The van der Waals surface area contributed by atoms with Gasteiger partial charge in [0, 0.05) is 13.6 Å². The molecule has 0 saturated carbocycles. The summed E-state index contributed by atoms with van der Waals surface area (Å²) in [6.07, 6.45) is 4.26. The molecule has 0 unspecified atom stereocenters. The summed E-state index contributed by atoms with van der Waals surface area (Å²) in [4.78, 5) is 11.4. The van der Waals surface area contributed by atoms with Crippen LogP contribution in [0.3, 0.4) is 0 Å². The maximum atomic E-state index is 9.88. The van der Waals surface area contributed by atoms with Gasteiger partial charge in [0.15, 0.2) is 0 Å². The number of nitrogens with zero attached hydrogens (tertiary/aromatic N) is 1. The van der Waals surface area contributed by atoms with Crippen molar-refractivity contribution in [2.75, 3.05) is 13.6 Å². The van der Waals surface area contributed by atoms with E-state index in [0.29, 0.717) is 6.54 Å². The van der Waals surface area contributed by atoms with Crippen LogP contribution in [0.4, 0.5) is 0 Å². The molecule has 0 N–H and O–H groups in total. The molecule has 0 aliphatic carbocycles. The standard InChI is InChI=1S/C6H10NO/c1-3-4-5-7(2)6-8/h3-4,6H,1,5H2,2H3/b4-3+. The van der Waals surface area contributed by atoms with E-state index in [2.05, 4.69) is 6.92 Å². The summed E-state index contributed by atoms with van der Waals surface area (Å²) in [6.45, 7) is 4.11. The molecule has 0 spiro atoms. The molecule has 0 rings (SSSR count). The van der Waals surface area contributed by atoms with Crippen molar-refractivity contribution < 1.29 is 4.79 Å². The number of hydrogen-bond acceptors (Lipinski definition) is 1. The van der Waals surface area contributed by atoms with Gasteiger partial charge in [-0.15, -0.1) is 0 Å². The van der Waals surface area contributed by atoms with Crippen molar-refractivity contribution in [3.63, 3.8) is 0 Å². The van der Waals surface area contributed by atoms with E-state index in [1.807, 2.05) is 6.08 Å². The quantitative estimate of drug-likeness (QED) is 0.486. The predicted octanol–water partition coefficient (Wildman–Crippen LogP) is 0.465. The van der Waals surface area contributed by atoms with Gasteiger partial charge in [0.05, 0.1) is 0 Å². The zero-order valence-electron chi connectivity index (χ0n) is 5.00. The molecule has 0 heterocycles. The predicted molar refractivity (Wildman–Crippen MR) is 33.2 cm³/mol. The van der Waals surface area contributed by atoms with Crippen molar-refractivity contribution in [1.29, 1.82) is 0 Å². The Bertz CT molecular complexity index is 88.5. The number of likely N-dealkylation sites (N-methyl/N-ethyl adjacent to an activating group) is 1. The van der Waals surface area contributed by atoms with Crippen LogP contribution < -0.4 is 0 Å². The van der Waals surface area contributed by atoms with Gasteiger partial charge in [-0.05, 0) is 6.92 Å². The van der Waals surface area contributed by atoms with Crippen molar-refractivity contribution in [1.82, 2.24) is 4.90 Å². The third kappa shape index (κ3) is 3.40. The third-order valence-electron chi connectivity index (χ3n) is 0.740. The topological polar surface area (TPSA) is 20.3 Å². The average Bonchev–Trinajstić information content (AvgIpc) is 1.83. The van der Waals surface area contributed by atoms with Crippen molar-refractivity contribution >= 4 is 6.41 Å². The van der Waals surface area contributed by atoms with E-state index >= 15 is 0 Å². The van der Waals surface area contributed by atoms with Crippen molar-refractivity contribution in [2.45, 2.75) is 0 Å². The van der Waals surface area contributed by atoms with Crippen molar-refractivity contribution in [2.24, 2.45) is 0 Å². The lowest BCUT2D eigenvalue weighted by Crippen LogP contribution is -2.14. The summed E-state index contributed by atoms with van der Waals surface area (Å²) < 4.78 is 0. The minimum absolute atomic E-state index is 0.646. The van der Waals surface area contributed by atoms with Gasteiger partial charge in [-0.1, -0.05) is 12.2 Å². The molecule has 45 valence electrons. The summed E-state index contributed by atoms with van der Waals surface area (Å²) in [5, 5.41) is 0. The highest BCUT2D eigenvalue weighted by Gasteiger charge is 1.82. The van der Waals surface area contributed by atoms with Crippen molar-refractivity contribution in [3.05, 3.63) is 19.1 Å². The molecule has 0 saturated heterocycles. The first kappa shape index (κ1) is 7.21. The van der Waals surface area contributed by atoms with Gasteiger partial charge < -0.3 is 4.90 Å². The maximum Gasteiger partial charge on any atom is 0.209 e. The molecule has 2 nitrogen and oxygen atoms in total. The van der Waals surface area contributed by atoms with Crippen LogP contribution in [0.25, 0.3) is 0 Å². The van der Waals surface area contributed by atoms with E-state index in [1.165, 1.54) is 4.90 Å². The van der Waals surface area contributed by atoms with Gasteiger partial charge in [-0.25, -0.2) is 0 Å². The van der Waals surface area contributed by atoms with Crippen LogP contribution in [0.1, 0.15) is 0 Å². The molecule has 0 fully saturated rings. The van der Waals surface area contributed by atoms with E-state index in [1.54, 1.807) is 13.1 Å². The van der Waals surface area contributed by atoms with Crippen molar-refractivity contribution in [3.8, 4) is 0 Å². The lowest BCUT2D eigenvalue weighted by atomic mass is 10.5. The van der Waals surface area contributed by atoms with Gasteiger partial charge in [-0.2, -0.15) is 0 Å². The first-order valence-corrected chi connectivity index (χ1v) is 2.41. The second-order valence-electron chi connectivity index (χ2n) is 1.52. The molecule has 0 aliphatic rings. The van der Waals surface area contributed by atoms with Crippen LogP contribution in [-0.2, 0) is 4.79 Å². The summed E-state index contributed by atoms with van der Waals surface area (Å²) in [5.74, 6) is 0. The SMILES string of the molecule is [CH2]/C=C/CN(C)C=O. The Morgan fingerprint density at radius 1 is 1.75 bits per heavy atom. The normalized spacial score (nSPS) is 9.75. The maximum absolute atomic E-state index is 9.88. The Labute approximate surface area is 49.8 Å². The highest BCUT2D eigenvalue weighted by atomic mass is 16.1. The van der Waals surface area contributed by atoms with E-state index in [-0.39, 0.29) is 0 Å². The molecular formula is C6H10NO. The fourth-order valence-corrected chi connectivity index (χ4v) is 0.284. The lowest BCUT2D eigenvalue weighted by molar-refractivity contribution is -0.116. The molecule has 0 aromatic heterocycles. The largest absolute Gasteiger partial charge is 0.345 e.